The van der Waals surface area contributed by atoms with Gasteiger partial charge in [0.15, 0.2) is 17.7 Å². The van der Waals surface area contributed by atoms with E-state index in [1.54, 1.807) is 35.3 Å². The summed E-state index contributed by atoms with van der Waals surface area (Å²) >= 11 is 0. The van der Waals surface area contributed by atoms with Gasteiger partial charge in [-0.05, 0) is 30.3 Å². The summed E-state index contributed by atoms with van der Waals surface area (Å²) in [6, 6.07) is 14.4. The maximum atomic E-state index is 13.3. The zero-order chi connectivity index (χ0) is 21.8. The van der Waals surface area contributed by atoms with Crippen LogP contribution in [0.3, 0.4) is 0 Å². The molecule has 0 aliphatic heterocycles. The van der Waals surface area contributed by atoms with E-state index in [2.05, 4.69) is 20.6 Å². The molecule has 4 rings (SSSR count). The second-order valence-corrected chi connectivity index (χ2v) is 6.60. The minimum absolute atomic E-state index is 0.341. The SMILES string of the molecule is COc1cc(C(=O)N[C@@H](c2cccnc2)n2nnc3ccccc32)cc(OC)c1OC. The summed E-state index contributed by atoms with van der Waals surface area (Å²) in [5.74, 6) is 0.826. The predicted octanol–water partition coefficient (Wildman–Crippen LogP) is 2.83. The Bertz CT molecular complexity index is 1180. The van der Waals surface area contributed by atoms with E-state index in [0.717, 1.165) is 16.6 Å². The van der Waals surface area contributed by atoms with Crippen LogP contribution < -0.4 is 19.5 Å². The van der Waals surface area contributed by atoms with Gasteiger partial charge in [0.25, 0.3) is 5.91 Å². The van der Waals surface area contributed by atoms with Gasteiger partial charge >= 0.3 is 0 Å². The topological polar surface area (TPSA) is 100 Å². The zero-order valence-corrected chi connectivity index (χ0v) is 17.3. The van der Waals surface area contributed by atoms with E-state index in [1.807, 2.05) is 30.3 Å². The van der Waals surface area contributed by atoms with Gasteiger partial charge in [0.1, 0.15) is 5.52 Å². The van der Waals surface area contributed by atoms with Crippen LogP contribution in [0.25, 0.3) is 11.0 Å². The Balaban J connectivity index is 1.75. The van der Waals surface area contributed by atoms with E-state index in [1.165, 1.54) is 21.3 Å². The molecule has 0 spiro atoms. The Kier molecular flexibility index (Phi) is 5.65. The number of benzene rings is 2. The number of carbonyl (C=O) groups excluding carboxylic acids is 1. The molecule has 2 aromatic carbocycles. The van der Waals surface area contributed by atoms with Gasteiger partial charge in [0, 0.05) is 23.5 Å². The molecular formula is C22H21N5O4. The van der Waals surface area contributed by atoms with E-state index < -0.39 is 6.17 Å². The summed E-state index contributed by atoms with van der Waals surface area (Å²) in [5, 5.41) is 11.5. The molecule has 9 heteroatoms. The van der Waals surface area contributed by atoms with Crippen LogP contribution in [-0.4, -0.2) is 47.2 Å². The number of aromatic nitrogens is 4. The van der Waals surface area contributed by atoms with E-state index in [0.29, 0.717) is 22.8 Å². The van der Waals surface area contributed by atoms with E-state index >= 15 is 0 Å². The number of nitrogens with one attached hydrogen (secondary N) is 1. The van der Waals surface area contributed by atoms with Crippen molar-refractivity contribution in [2.24, 2.45) is 0 Å². The number of amides is 1. The largest absolute Gasteiger partial charge is 0.493 e. The number of para-hydroxylation sites is 1. The fourth-order valence-electron chi connectivity index (χ4n) is 3.32. The number of hydrogen-bond acceptors (Lipinski definition) is 7. The van der Waals surface area contributed by atoms with Gasteiger partial charge in [-0.1, -0.05) is 23.4 Å². The summed E-state index contributed by atoms with van der Waals surface area (Å²) in [7, 11) is 4.51. The Labute approximate surface area is 178 Å². The van der Waals surface area contributed by atoms with Crippen LogP contribution in [0.15, 0.2) is 60.9 Å². The number of methoxy groups -OCH3 is 3. The molecule has 0 aliphatic carbocycles. The number of carbonyl (C=O) groups is 1. The van der Waals surface area contributed by atoms with Crippen molar-refractivity contribution >= 4 is 16.9 Å². The van der Waals surface area contributed by atoms with Crippen molar-refractivity contribution in [1.29, 1.82) is 0 Å². The molecule has 2 aromatic heterocycles. The lowest BCUT2D eigenvalue weighted by molar-refractivity contribution is 0.0927. The predicted molar refractivity (Wildman–Crippen MR) is 113 cm³/mol. The standard InChI is InChI=1S/C22H21N5O4/c1-29-18-11-15(12-19(30-2)20(18)31-3)22(28)24-21(14-7-6-10-23-13-14)27-17-9-5-4-8-16(17)25-26-27/h4-13,21H,1-3H3,(H,24,28)/t21-/m1/s1. The number of fused-ring (bicyclic) bond motifs is 1. The molecule has 1 amide bonds. The molecule has 0 aliphatic rings. The third kappa shape index (κ3) is 3.85. The number of ether oxygens (including phenoxy) is 3. The molecule has 0 saturated heterocycles. The monoisotopic (exact) mass is 419 g/mol. The van der Waals surface area contributed by atoms with Crippen LogP contribution in [-0.2, 0) is 0 Å². The van der Waals surface area contributed by atoms with E-state index in [9.17, 15) is 4.79 Å². The molecule has 0 fully saturated rings. The van der Waals surface area contributed by atoms with E-state index in [4.69, 9.17) is 14.2 Å². The van der Waals surface area contributed by atoms with Crippen molar-refractivity contribution in [2.75, 3.05) is 21.3 Å². The average molecular weight is 419 g/mol. The van der Waals surface area contributed by atoms with Crippen molar-refractivity contribution in [1.82, 2.24) is 25.3 Å². The van der Waals surface area contributed by atoms with Crippen LogP contribution in [0.4, 0.5) is 0 Å². The van der Waals surface area contributed by atoms with Gasteiger partial charge in [0.05, 0.1) is 26.8 Å². The highest BCUT2D eigenvalue weighted by Crippen LogP contribution is 2.38. The van der Waals surface area contributed by atoms with Gasteiger partial charge < -0.3 is 19.5 Å². The highest BCUT2D eigenvalue weighted by molar-refractivity contribution is 5.96. The van der Waals surface area contributed by atoms with Crippen molar-refractivity contribution in [3.05, 3.63) is 72.1 Å². The molecule has 158 valence electrons. The van der Waals surface area contributed by atoms with Crippen LogP contribution in [0.1, 0.15) is 22.1 Å². The molecule has 0 saturated carbocycles. The fraction of sp³-hybridized carbons (Fsp3) is 0.182. The Morgan fingerprint density at radius 1 is 1.00 bits per heavy atom. The van der Waals surface area contributed by atoms with Crippen molar-refractivity contribution in [3.8, 4) is 17.2 Å². The highest BCUT2D eigenvalue weighted by Gasteiger charge is 2.23. The summed E-state index contributed by atoms with van der Waals surface area (Å²) in [5.41, 5.74) is 2.59. The van der Waals surface area contributed by atoms with Crippen LogP contribution in [0, 0.1) is 0 Å². The molecule has 31 heavy (non-hydrogen) atoms. The summed E-state index contributed by atoms with van der Waals surface area (Å²) in [4.78, 5) is 17.4. The molecule has 1 atom stereocenters. The first kappa shape index (κ1) is 20.1. The quantitative estimate of drug-likeness (QED) is 0.492. The average Bonchev–Trinajstić information content (AvgIpc) is 3.25. The lowest BCUT2D eigenvalue weighted by atomic mass is 10.1. The first-order valence-corrected chi connectivity index (χ1v) is 9.47. The Morgan fingerprint density at radius 3 is 2.39 bits per heavy atom. The molecule has 4 aromatic rings. The van der Waals surface area contributed by atoms with Gasteiger partial charge in [-0.2, -0.15) is 0 Å². The van der Waals surface area contributed by atoms with Gasteiger partial charge in [-0.3, -0.25) is 9.78 Å². The first-order chi connectivity index (χ1) is 15.2. The van der Waals surface area contributed by atoms with Gasteiger partial charge in [-0.15, -0.1) is 5.10 Å². The molecular weight excluding hydrogens is 398 g/mol. The second kappa shape index (κ2) is 8.70. The lowest BCUT2D eigenvalue weighted by Crippen LogP contribution is -2.34. The molecule has 1 N–H and O–H groups in total. The molecule has 0 unspecified atom stereocenters. The summed E-state index contributed by atoms with van der Waals surface area (Å²) in [6.07, 6.45) is 2.71. The highest BCUT2D eigenvalue weighted by atomic mass is 16.5. The minimum Gasteiger partial charge on any atom is -0.493 e. The van der Waals surface area contributed by atoms with Gasteiger partial charge in [0.2, 0.25) is 5.75 Å². The smallest absolute Gasteiger partial charge is 0.253 e. The number of rotatable bonds is 7. The summed E-state index contributed by atoms with van der Waals surface area (Å²) < 4.78 is 17.7. The molecule has 9 nitrogen and oxygen atoms in total. The van der Waals surface area contributed by atoms with Crippen molar-refractivity contribution < 1.29 is 19.0 Å². The fourth-order valence-corrected chi connectivity index (χ4v) is 3.32. The number of pyridine rings is 1. The van der Waals surface area contributed by atoms with Crippen LogP contribution in [0.2, 0.25) is 0 Å². The normalized spacial score (nSPS) is 11.7. The number of nitrogens with zero attached hydrogens (tertiary/aromatic N) is 4. The Morgan fingerprint density at radius 2 is 1.74 bits per heavy atom. The van der Waals surface area contributed by atoms with Crippen LogP contribution in [0.5, 0.6) is 17.2 Å². The third-order valence-electron chi connectivity index (χ3n) is 4.82. The van der Waals surface area contributed by atoms with E-state index in [-0.39, 0.29) is 5.91 Å². The number of hydrogen-bond donors (Lipinski definition) is 1. The molecule has 0 radical (unpaired) electrons. The minimum atomic E-state index is -0.632. The van der Waals surface area contributed by atoms with Gasteiger partial charge in [-0.25, -0.2) is 4.68 Å². The molecule has 0 bridgehead atoms. The third-order valence-corrected chi connectivity index (χ3v) is 4.82. The maximum Gasteiger partial charge on any atom is 0.253 e. The maximum absolute atomic E-state index is 13.3. The second-order valence-electron chi connectivity index (χ2n) is 6.60. The lowest BCUT2D eigenvalue weighted by Gasteiger charge is -2.20. The van der Waals surface area contributed by atoms with Crippen molar-refractivity contribution in [2.45, 2.75) is 6.17 Å². The molecule has 2 heterocycles. The van der Waals surface area contributed by atoms with Crippen molar-refractivity contribution in [3.63, 3.8) is 0 Å². The first-order valence-electron chi connectivity index (χ1n) is 9.47. The zero-order valence-electron chi connectivity index (χ0n) is 17.3. The summed E-state index contributed by atoms with van der Waals surface area (Å²) in [6.45, 7) is 0. The Hall–Kier alpha value is -4.14. The van der Waals surface area contributed by atoms with Crippen LogP contribution >= 0.6 is 0 Å².